The number of anilines is 4. The third-order valence-corrected chi connectivity index (χ3v) is 8.74. The number of rotatable bonds is 9. The smallest absolute Gasteiger partial charge is 0.229 e. The molecule has 2 fully saturated rings. The number of hydrogen-bond donors (Lipinski definition) is 2. The fourth-order valence-corrected chi connectivity index (χ4v) is 5.91. The molecule has 5 rings (SSSR count). The number of sulfone groups is 1. The summed E-state index contributed by atoms with van der Waals surface area (Å²) >= 11 is 0. The van der Waals surface area contributed by atoms with Gasteiger partial charge in [-0.2, -0.15) is 4.98 Å². The van der Waals surface area contributed by atoms with Crippen molar-refractivity contribution in [2.24, 2.45) is 0 Å². The number of methoxy groups -OCH3 is 1. The molecule has 1 aliphatic carbocycles. The van der Waals surface area contributed by atoms with Crippen molar-refractivity contribution < 1.29 is 13.2 Å². The van der Waals surface area contributed by atoms with E-state index >= 15 is 0 Å². The Kier molecular flexibility index (Phi) is 8.33. The Morgan fingerprint density at radius 3 is 2.33 bits per heavy atom. The van der Waals surface area contributed by atoms with Gasteiger partial charge in [-0.05, 0) is 74.5 Å². The van der Waals surface area contributed by atoms with Crippen LogP contribution in [-0.2, 0) is 9.84 Å². The zero-order valence-corrected chi connectivity index (χ0v) is 23.3. The van der Waals surface area contributed by atoms with Crippen LogP contribution in [-0.4, -0.2) is 69.7 Å². The minimum Gasteiger partial charge on any atom is -0.497 e. The molecule has 10 heteroatoms. The van der Waals surface area contributed by atoms with Crippen molar-refractivity contribution in [1.82, 2.24) is 14.9 Å². The van der Waals surface area contributed by atoms with Gasteiger partial charge in [-0.15, -0.1) is 0 Å². The predicted octanol–water partition coefficient (Wildman–Crippen LogP) is 4.78. The fraction of sp³-hybridized carbons (Fsp3) is 0.379. The Labute approximate surface area is 230 Å². The van der Waals surface area contributed by atoms with E-state index in [4.69, 9.17) is 9.72 Å². The second-order valence-electron chi connectivity index (χ2n) is 10.1. The van der Waals surface area contributed by atoms with Crippen LogP contribution in [0.2, 0.25) is 0 Å². The van der Waals surface area contributed by atoms with Gasteiger partial charge in [-0.1, -0.05) is 12.8 Å². The summed E-state index contributed by atoms with van der Waals surface area (Å²) in [7, 11) is 0.0555. The van der Waals surface area contributed by atoms with Crippen molar-refractivity contribution in [2.45, 2.75) is 36.6 Å². The molecule has 2 aliphatic rings. The topological polar surface area (TPSA) is 99.7 Å². The number of ether oxygens (including phenoxy) is 1. The Balaban J connectivity index is 1.33. The lowest BCUT2D eigenvalue weighted by atomic mass is 10.2. The van der Waals surface area contributed by atoms with Gasteiger partial charge in [0.1, 0.15) is 11.6 Å². The van der Waals surface area contributed by atoms with Gasteiger partial charge >= 0.3 is 0 Å². The maximum Gasteiger partial charge on any atom is 0.229 e. The predicted molar refractivity (Wildman–Crippen MR) is 157 cm³/mol. The molecule has 1 saturated heterocycles. The number of benzene rings is 2. The number of aromatic nitrogens is 2. The van der Waals surface area contributed by atoms with Gasteiger partial charge in [-0.3, -0.25) is 0 Å². The average molecular weight is 549 g/mol. The van der Waals surface area contributed by atoms with Gasteiger partial charge in [0.05, 0.1) is 12.0 Å². The highest BCUT2D eigenvalue weighted by Crippen LogP contribution is 2.27. The zero-order chi connectivity index (χ0) is 27.2. The Bertz CT molecular complexity index is 1380. The first-order valence-electron chi connectivity index (χ1n) is 13.4. The molecule has 1 saturated carbocycles. The molecule has 206 valence electrons. The lowest BCUT2D eigenvalue weighted by Gasteiger charge is -2.34. The van der Waals surface area contributed by atoms with Crippen LogP contribution in [0.25, 0.3) is 6.08 Å². The van der Waals surface area contributed by atoms with E-state index in [1.165, 1.54) is 36.1 Å². The van der Waals surface area contributed by atoms with Gasteiger partial charge in [0.2, 0.25) is 5.95 Å². The first-order chi connectivity index (χ1) is 18.9. The molecule has 0 spiro atoms. The second-order valence-corrected chi connectivity index (χ2v) is 11.9. The van der Waals surface area contributed by atoms with E-state index in [-0.39, 0.29) is 4.90 Å². The molecule has 0 unspecified atom stereocenters. The summed E-state index contributed by atoms with van der Waals surface area (Å²) in [5, 5.41) is 8.02. The lowest BCUT2D eigenvalue weighted by molar-refractivity contribution is 0.313. The van der Waals surface area contributed by atoms with Crippen molar-refractivity contribution in [2.75, 3.05) is 55.9 Å². The van der Waals surface area contributed by atoms with E-state index in [0.29, 0.717) is 29.1 Å². The van der Waals surface area contributed by atoms with Crippen molar-refractivity contribution in [3.8, 4) is 5.75 Å². The number of nitrogens with one attached hydrogen (secondary N) is 2. The number of piperazine rings is 1. The summed E-state index contributed by atoms with van der Waals surface area (Å²) in [5.41, 5.74) is 2.72. The zero-order valence-electron chi connectivity index (χ0n) is 22.5. The maximum atomic E-state index is 12.9. The standard InChI is InChI=1S/C29H36N6O3S/c1-34-16-18-35(19-17-34)25-9-7-24(8-10-25)32-29-30-21-22(28(33-29)31-23-5-3-4-6-23)15-20-39(36,37)27-13-11-26(38-2)12-14-27/h7-15,20-21,23H,3-6,16-19H2,1-2H3,(H2,30,31,32,33)/b20-15+. The van der Waals surface area contributed by atoms with Crippen LogP contribution >= 0.6 is 0 Å². The van der Waals surface area contributed by atoms with Crippen LogP contribution in [0.3, 0.4) is 0 Å². The Morgan fingerprint density at radius 2 is 1.67 bits per heavy atom. The number of likely N-dealkylation sites (N-methyl/N-ethyl adjacent to an activating group) is 1. The fourth-order valence-electron chi connectivity index (χ4n) is 4.91. The highest BCUT2D eigenvalue weighted by Gasteiger charge is 2.18. The molecule has 2 aromatic carbocycles. The van der Waals surface area contributed by atoms with Gasteiger partial charge in [0.25, 0.3) is 0 Å². The van der Waals surface area contributed by atoms with Gasteiger partial charge in [0.15, 0.2) is 9.84 Å². The van der Waals surface area contributed by atoms with Gasteiger partial charge in [0, 0.05) is 60.8 Å². The Morgan fingerprint density at radius 1 is 0.974 bits per heavy atom. The monoisotopic (exact) mass is 548 g/mol. The summed E-state index contributed by atoms with van der Waals surface area (Å²) in [6, 6.07) is 15.0. The van der Waals surface area contributed by atoms with Gasteiger partial charge in [-0.25, -0.2) is 13.4 Å². The van der Waals surface area contributed by atoms with Crippen LogP contribution in [0.1, 0.15) is 31.2 Å². The van der Waals surface area contributed by atoms with E-state index in [1.54, 1.807) is 31.5 Å². The van der Waals surface area contributed by atoms with Crippen molar-refractivity contribution in [3.63, 3.8) is 0 Å². The maximum absolute atomic E-state index is 12.9. The van der Waals surface area contributed by atoms with Crippen LogP contribution in [0, 0.1) is 0 Å². The molecular weight excluding hydrogens is 512 g/mol. The molecule has 0 bridgehead atoms. The second kappa shape index (κ2) is 12.0. The quantitative estimate of drug-likeness (QED) is 0.391. The number of hydrogen-bond acceptors (Lipinski definition) is 9. The molecule has 9 nitrogen and oxygen atoms in total. The molecule has 0 amide bonds. The first kappa shape index (κ1) is 27.0. The summed E-state index contributed by atoms with van der Waals surface area (Å²) in [6.07, 6.45) is 7.69. The van der Waals surface area contributed by atoms with Crippen LogP contribution < -0.4 is 20.3 Å². The molecule has 2 heterocycles. The summed E-state index contributed by atoms with van der Waals surface area (Å²) in [4.78, 5) is 14.2. The van der Waals surface area contributed by atoms with E-state index < -0.39 is 9.84 Å². The highest BCUT2D eigenvalue weighted by molar-refractivity contribution is 7.94. The molecule has 39 heavy (non-hydrogen) atoms. The van der Waals surface area contributed by atoms with E-state index in [9.17, 15) is 8.42 Å². The molecule has 0 radical (unpaired) electrons. The minimum absolute atomic E-state index is 0.198. The summed E-state index contributed by atoms with van der Waals surface area (Å²) in [6.45, 7) is 4.16. The van der Waals surface area contributed by atoms with E-state index in [2.05, 4.69) is 44.6 Å². The van der Waals surface area contributed by atoms with Crippen LogP contribution in [0.15, 0.2) is 65.0 Å². The average Bonchev–Trinajstić information content (AvgIpc) is 3.47. The third kappa shape index (κ3) is 6.88. The Hall–Kier alpha value is -3.63. The van der Waals surface area contributed by atoms with E-state index in [1.807, 2.05) is 12.1 Å². The first-order valence-corrected chi connectivity index (χ1v) is 15.0. The molecule has 0 atom stereocenters. The van der Waals surface area contributed by atoms with Crippen LogP contribution in [0.4, 0.5) is 23.1 Å². The third-order valence-electron chi connectivity index (χ3n) is 7.32. The lowest BCUT2D eigenvalue weighted by Crippen LogP contribution is -2.44. The molecular formula is C29H36N6O3S. The van der Waals surface area contributed by atoms with Crippen LogP contribution in [0.5, 0.6) is 5.75 Å². The summed E-state index contributed by atoms with van der Waals surface area (Å²) in [5.74, 6) is 1.68. The molecule has 2 N–H and O–H groups in total. The van der Waals surface area contributed by atoms with Crippen molar-refractivity contribution in [1.29, 1.82) is 0 Å². The SMILES string of the molecule is COc1ccc(S(=O)(=O)/C=C/c2cnc(Nc3ccc(N4CCN(C)CC4)cc3)nc2NC2CCCC2)cc1. The summed E-state index contributed by atoms with van der Waals surface area (Å²) < 4.78 is 31.0. The van der Waals surface area contributed by atoms with Crippen molar-refractivity contribution >= 4 is 39.1 Å². The molecule has 1 aromatic heterocycles. The van der Waals surface area contributed by atoms with E-state index in [0.717, 1.165) is 44.7 Å². The van der Waals surface area contributed by atoms with Crippen molar-refractivity contribution in [3.05, 3.63) is 65.7 Å². The molecule has 3 aromatic rings. The minimum atomic E-state index is -3.64. The molecule has 1 aliphatic heterocycles. The largest absolute Gasteiger partial charge is 0.497 e. The van der Waals surface area contributed by atoms with Gasteiger partial charge < -0.3 is 25.2 Å². The normalized spacial score (nSPS) is 17.0. The highest BCUT2D eigenvalue weighted by atomic mass is 32.2. The number of nitrogens with zero attached hydrogens (tertiary/aromatic N) is 4.